The third-order valence-electron chi connectivity index (χ3n) is 3.80. The fraction of sp³-hybridized carbons (Fsp3) is 0.571. The van der Waals surface area contributed by atoms with Crippen LogP contribution in [0.1, 0.15) is 31.7 Å². The van der Waals surface area contributed by atoms with Gasteiger partial charge in [-0.05, 0) is 31.9 Å². The average molecular weight is 300 g/mol. The largest absolute Gasteiger partial charge is 0.327 e. The molecular weight excluding hydrogens is 278 g/mol. The number of hydrogen-bond acceptors (Lipinski definition) is 4. The number of non-ortho nitro benzene ring substituents is 1. The molecule has 1 aromatic carbocycles. The zero-order valence-electron chi connectivity index (χ0n) is 11.7. The van der Waals surface area contributed by atoms with E-state index < -0.39 is 0 Å². The minimum Gasteiger partial charge on any atom is -0.327 e. The summed E-state index contributed by atoms with van der Waals surface area (Å²) < 4.78 is 0. The molecule has 0 bridgehead atoms. The lowest BCUT2D eigenvalue weighted by molar-refractivity contribution is -0.384. The smallest absolute Gasteiger partial charge is 0.269 e. The molecule has 0 amide bonds. The number of nitro groups is 1. The number of likely N-dealkylation sites (tertiary alicyclic amines) is 1. The fourth-order valence-electron chi connectivity index (χ4n) is 2.77. The molecule has 2 N–H and O–H groups in total. The summed E-state index contributed by atoms with van der Waals surface area (Å²) in [5.74, 6) is 0. The Balaban J connectivity index is 0.00000200. The maximum absolute atomic E-state index is 10.6. The highest BCUT2D eigenvalue weighted by Crippen LogP contribution is 2.22. The van der Waals surface area contributed by atoms with Crippen molar-refractivity contribution in [2.24, 2.45) is 5.73 Å². The highest BCUT2D eigenvalue weighted by molar-refractivity contribution is 5.85. The van der Waals surface area contributed by atoms with Crippen molar-refractivity contribution >= 4 is 18.1 Å². The van der Waals surface area contributed by atoms with Gasteiger partial charge < -0.3 is 5.73 Å². The lowest BCUT2D eigenvalue weighted by Gasteiger charge is -2.38. The molecule has 1 aromatic rings. The number of rotatable bonds is 4. The molecule has 1 saturated heterocycles. The van der Waals surface area contributed by atoms with Crippen molar-refractivity contribution in [1.29, 1.82) is 0 Å². The molecule has 2 rings (SSSR count). The van der Waals surface area contributed by atoms with E-state index in [0.717, 1.165) is 25.1 Å². The standard InChI is InChI=1S/C14H21N3O2.ClH/c1-11(15)14-4-2-3-9-16(14)10-12-5-7-13(8-6-12)17(18)19;/h5-8,11,14H,2-4,9-10,15H2,1H3;1H. The van der Waals surface area contributed by atoms with Crippen LogP contribution in [0.25, 0.3) is 0 Å². The van der Waals surface area contributed by atoms with Gasteiger partial charge in [0, 0.05) is 30.8 Å². The highest BCUT2D eigenvalue weighted by Gasteiger charge is 2.25. The summed E-state index contributed by atoms with van der Waals surface area (Å²) in [5.41, 5.74) is 7.30. The van der Waals surface area contributed by atoms with Crippen LogP contribution >= 0.6 is 12.4 Å². The molecule has 0 aliphatic carbocycles. The van der Waals surface area contributed by atoms with Crippen LogP contribution in [0.15, 0.2) is 24.3 Å². The monoisotopic (exact) mass is 299 g/mol. The second-order valence-corrected chi connectivity index (χ2v) is 5.32. The van der Waals surface area contributed by atoms with E-state index >= 15 is 0 Å². The van der Waals surface area contributed by atoms with Gasteiger partial charge in [0.25, 0.3) is 5.69 Å². The first-order chi connectivity index (χ1) is 9.08. The van der Waals surface area contributed by atoms with Crippen LogP contribution in [0, 0.1) is 10.1 Å². The van der Waals surface area contributed by atoms with Crippen LogP contribution in [0.3, 0.4) is 0 Å². The number of nitrogens with zero attached hydrogens (tertiary/aromatic N) is 2. The molecular formula is C14H22ClN3O2. The van der Waals surface area contributed by atoms with Crippen molar-refractivity contribution < 1.29 is 4.92 Å². The minimum atomic E-state index is -0.366. The van der Waals surface area contributed by atoms with Gasteiger partial charge in [-0.15, -0.1) is 12.4 Å². The maximum atomic E-state index is 10.6. The predicted octanol–water partition coefficient (Wildman–Crippen LogP) is 2.72. The Hall–Kier alpha value is -1.17. The van der Waals surface area contributed by atoms with Crippen molar-refractivity contribution in [2.45, 2.75) is 44.8 Å². The third kappa shape index (κ3) is 4.16. The first kappa shape index (κ1) is 16.9. The number of benzene rings is 1. The first-order valence-electron chi connectivity index (χ1n) is 6.81. The Bertz CT molecular complexity index is 437. The van der Waals surface area contributed by atoms with Gasteiger partial charge in [0.15, 0.2) is 0 Å². The summed E-state index contributed by atoms with van der Waals surface area (Å²) in [7, 11) is 0. The molecule has 0 saturated carbocycles. The third-order valence-corrected chi connectivity index (χ3v) is 3.80. The average Bonchev–Trinajstić information content (AvgIpc) is 2.39. The molecule has 5 nitrogen and oxygen atoms in total. The van der Waals surface area contributed by atoms with E-state index in [1.165, 1.54) is 12.8 Å². The zero-order chi connectivity index (χ0) is 13.8. The predicted molar refractivity (Wildman–Crippen MR) is 82.0 cm³/mol. The Morgan fingerprint density at radius 3 is 2.60 bits per heavy atom. The fourth-order valence-corrected chi connectivity index (χ4v) is 2.77. The van der Waals surface area contributed by atoms with E-state index in [4.69, 9.17) is 5.73 Å². The van der Waals surface area contributed by atoms with Crippen LogP contribution in [0.2, 0.25) is 0 Å². The summed E-state index contributed by atoms with van der Waals surface area (Å²) >= 11 is 0. The van der Waals surface area contributed by atoms with Crippen molar-refractivity contribution in [3.63, 3.8) is 0 Å². The van der Waals surface area contributed by atoms with Gasteiger partial charge in [-0.3, -0.25) is 15.0 Å². The van der Waals surface area contributed by atoms with Crippen LogP contribution in [-0.4, -0.2) is 28.5 Å². The van der Waals surface area contributed by atoms with Gasteiger partial charge in [-0.25, -0.2) is 0 Å². The molecule has 1 aliphatic rings. The molecule has 2 unspecified atom stereocenters. The van der Waals surface area contributed by atoms with Gasteiger partial charge in [-0.2, -0.15) is 0 Å². The molecule has 0 aromatic heterocycles. The lowest BCUT2D eigenvalue weighted by Crippen LogP contribution is -2.48. The van der Waals surface area contributed by atoms with Gasteiger partial charge in [0.2, 0.25) is 0 Å². The number of hydrogen-bond donors (Lipinski definition) is 1. The number of nitro benzene ring substituents is 1. The van der Waals surface area contributed by atoms with E-state index in [2.05, 4.69) is 11.8 Å². The molecule has 1 heterocycles. The minimum absolute atomic E-state index is 0. The quantitative estimate of drug-likeness (QED) is 0.685. The molecule has 2 atom stereocenters. The molecule has 1 fully saturated rings. The van der Waals surface area contributed by atoms with Crippen LogP contribution < -0.4 is 5.73 Å². The summed E-state index contributed by atoms with van der Waals surface area (Å²) in [4.78, 5) is 12.7. The second-order valence-electron chi connectivity index (χ2n) is 5.32. The van der Waals surface area contributed by atoms with E-state index in [1.807, 2.05) is 12.1 Å². The number of nitrogens with two attached hydrogens (primary N) is 1. The Labute approximate surface area is 125 Å². The van der Waals surface area contributed by atoms with Crippen LogP contribution in [-0.2, 0) is 6.54 Å². The molecule has 0 radical (unpaired) electrons. The van der Waals surface area contributed by atoms with E-state index in [9.17, 15) is 10.1 Å². The second kappa shape index (κ2) is 7.57. The Kier molecular flexibility index (Phi) is 6.39. The van der Waals surface area contributed by atoms with Crippen LogP contribution in [0.5, 0.6) is 0 Å². The Morgan fingerprint density at radius 2 is 2.05 bits per heavy atom. The first-order valence-corrected chi connectivity index (χ1v) is 6.81. The van der Waals surface area contributed by atoms with Gasteiger partial charge in [0.05, 0.1) is 4.92 Å². The number of halogens is 1. The summed E-state index contributed by atoms with van der Waals surface area (Å²) in [5, 5.41) is 10.6. The normalized spacial score (nSPS) is 21.0. The summed E-state index contributed by atoms with van der Waals surface area (Å²) in [6.45, 7) is 3.94. The Morgan fingerprint density at radius 1 is 1.40 bits per heavy atom. The van der Waals surface area contributed by atoms with Crippen LogP contribution in [0.4, 0.5) is 5.69 Å². The molecule has 1 aliphatic heterocycles. The van der Waals surface area contributed by atoms with Crippen molar-refractivity contribution in [1.82, 2.24) is 4.90 Å². The molecule has 112 valence electrons. The maximum Gasteiger partial charge on any atom is 0.269 e. The lowest BCUT2D eigenvalue weighted by atomic mass is 9.96. The zero-order valence-corrected chi connectivity index (χ0v) is 12.5. The van der Waals surface area contributed by atoms with Gasteiger partial charge >= 0.3 is 0 Å². The summed E-state index contributed by atoms with van der Waals surface area (Å²) in [6, 6.07) is 7.40. The van der Waals surface area contributed by atoms with E-state index in [-0.39, 0.29) is 29.1 Å². The van der Waals surface area contributed by atoms with Gasteiger partial charge in [0.1, 0.15) is 0 Å². The van der Waals surface area contributed by atoms with Crippen molar-refractivity contribution in [3.8, 4) is 0 Å². The van der Waals surface area contributed by atoms with E-state index in [1.54, 1.807) is 12.1 Å². The SMILES string of the molecule is CC(N)C1CCCCN1Cc1ccc([N+](=O)[O-])cc1.Cl. The van der Waals surface area contributed by atoms with Gasteiger partial charge in [-0.1, -0.05) is 18.6 Å². The summed E-state index contributed by atoms with van der Waals surface area (Å²) in [6.07, 6.45) is 3.59. The molecule has 20 heavy (non-hydrogen) atoms. The van der Waals surface area contributed by atoms with Crippen molar-refractivity contribution in [2.75, 3.05) is 6.54 Å². The highest BCUT2D eigenvalue weighted by atomic mass is 35.5. The molecule has 6 heteroatoms. The van der Waals surface area contributed by atoms with E-state index in [0.29, 0.717) is 6.04 Å². The number of piperidine rings is 1. The topological polar surface area (TPSA) is 72.4 Å². The van der Waals surface area contributed by atoms with Crippen molar-refractivity contribution in [3.05, 3.63) is 39.9 Å². The molecule has 0 spiro atoms.